The van der Waals surface area contributed by atoms with Crippen LogP contribution in [0.1, 0.15) is 33.6 Å². The number of amides is 1. The Morgan fingerprint density at radius 2 is 1.90 bits per heavy atom. The topological polar surface area (TPSA) is 78.2 Å². The van der Waals surface area contributed by atoms with E-state index in [1.165, 1.54) is 18.7 Å². The highest BCUT2D eigenvalue weighted by molar-refractivity contribution is 6.38. The van der Waals surface area contributed by atoms with Crippen molar-refractivity contribution < 1.29 is 4.79 Å². The third-order valence-electron chi connectivity index (χ3n) is 3.14. The van der Waals surface area contributed by atoms with Crippen LogP contribution in [0.2, 0.25) is 0 Å². The summed E-state index contributed by atoms with van der Waals surface area (Å²) in [5, 5.41) is 6.24. The Morgan fingerprint density at radius 1 is 1.19 bits per heavy atom. The number of hydrogen-bond donors (Lipinski definition) is 2. The van der Waals surface area contributed by atoms with Gasteiger partial charge in [0.05, 0.1) is 0 Å². The van der Waals surface area contributed by atoms with E-state index in [4.69, 9.17) is 0 Å². The van der Waals surface area contributed by atoms with E-state index in [2.05, 4.69) is 25.6 Å². The van der Waals surface area contributed by atoms with Crippen molar-refractivity contribution in [2.24, 2.45) is 20.9 Å². The van der Waals surface area contributed by atoms with Crippen molar-refractivity contribution in [3.8, 4) is 0 Å². The number of rotatable bonds is 6. The van der Waals surface area contributed by atoms with Crippen LogP contribution in [0.15, 0.2) is 27.4 Å². The molecule has 0 bridgehead atoms. The second kappa shape index (κ2) is 9.99. The molecular weight excluding hydrogens is 266 g/mol. The highest BCUT2D eigenvalue weighted by atomic mass is 16.1. The fraction of sp³-hybridized carbons (Fsp3) is 0.600. The monoisotopic (exact) mass is 291 g/mol. The number of nitrogens with zero attached hydrogens (tertiary/aromatic N) is 3. The second-order valence-electron chi connectivity index (χ2n) is 5.26. The summed E-state index contributed by atoms with van der Waals surface area (Å²) in [6, 6.07) is 0. The zero-order valence-corrected chi connectivity index (χ0v) is 13.1. The van der Waals surface area contributed by atoms with Gasteiger partial charge < -0.3 is 10.6 Å². The molecule has 1 heterocycles. The van der Waals surface area contributed by atoms with Crippen LogP contribution in [0, 0.1) is 5.92 Å². The molecule has 6 heteroatoms. The third kappa shape index (κ3) is 8.14. The Balaban J connectivity index is 2.31. The van der Waals surface area contributed by atoms with Crippen molar-refractivity contribution in [2.45, 2.75) is 33.6 Å². The Kier molecular flexibility index (Phi) is 8.19. The van der Waals surface area contributed by atoms with Crippen molar-refractivity contribution in [3.05, 3.63) is 12.4 Å². The highest BCUT2D eigenvalue weighted by Gasteiger charge is 2.14. The van der Waals surface area contributed by atoms with Gasteiger partial charge in [0.25, 0.3) is 5.91 Å². The molecule has 0 saturated carbocycles. The van der Waals surface area contributed by atoms with E-state index < -0.39 is 0 Å². The summed E-state index contributed by atoms with van der Waals surface area (Å²) in [4.78, 5) is 23.8. The molecule has 0 aromatic carbocycles. The van der Waals surface area contributed by atoms with E-state index in [9.17, 15) is 4.79 Å². The van der Waals surface area contributed by atoms with Gasteiger partial charge in [0.1, 0.15) is 12.1 Å². The van der Waals surface area contributed by atoms with Crippen LogP contribution in [0.5, 0.6) is 0 Å². The largest absolute Gasteiger partial charge is 0.351 e. The zero-order valence-electron chi connectivity index (χ0n) is 13.1. The predicted molar refractivity (Wildman–Crippen MR) is 88.1 cm³/mol. The number of carbonyl (C=O) groups excluding carboxylic acids is 1. The Bertz CT molecular complexity index is 441. The molecule has 1 fully saturated rings. The molecule has 0 aliphatic carbocycles. The molecular formula is C15H25N5O. The molecule has 1 amide bonds. The van der Waals surface area contributed by atoms with Gasteiger partial charge in [0.2, 0.25) is 0 Å². The smallest absolute Gasteiger partial charge is 0.265 e. The van der Waals surface area contributed by atoms with Crippen LogP contribution in [-0.2, 0) is 4.79 Å². The minimum atomic E-state index is -0.121. The van der Waals surface area contributed by atoms with Gasteiger partial charge in [0, 0.05) is 24.7 Å². The van der Waals surface area contributed by atoms with Gasteiger partial charge in [-0.3, -0.25) is 9.79 Å². The summed E-state index contributed by atoms with van der Waals surface area (Å²) in [5.41, 5.74) is 1.37. The molecule has 0 radical (unpaired) electrons. The van der Waals surface area contributed by atoms with Crippen molar-refractivity contribution in [1.29, 1.82) is 0 Å². The molecule has 1 rings (SSSR count). The Labute approximate surface area is 126 Å². The van der Waals surface area contributed by atoms with Crippen molar-refractivity contribution in [3.63, 3.8) is 0 Å². The highest BCUT2D eigenvalue weighted by Crippen LogP contribution is 2.09. The summed E-state index contributed by atoms with van der Waals surface area (Å²) in [6.45, 7) is 8.28. The molecule has 0 aromatic rings. The first-order chi connectivity index (χ1) is 10.1. The number of piperidine rings is 1. The molecule has 6 nitrogen and oxygen atoms in total. The fourth-order valence-electron chi connectivity index (χ4n) is 1.88. The van der Waals surface area contributed by atoms with Gasteiger partial charge in [-0.05, 0) is 52.6 Å². The van der Waals surface area contributed by atoms with Crippen LogP contribution in [0.3, 0.4) is 0 Å². The summed E-state index contributed by atoms with van der Waals surface area (Å²) < 4.78 is 0. The van der Waals surface area contributed by atoms with E-state index in [0.717, 1.165) is 38.2 Å². The first kappa shape index (κ1) is 17.2. The lowest BCUT2D eigenvalue weighted by Crippen LogP contribution is -2.38. The summed E-state index contributed by atoms with van der Waals surface area (Å²) in [5.74, 6) is 0.447. The lowest BCUT2D eigenvalue weighted by Gasteiger charge is -2.22. The quantitative estimate of drug-likeness (QED) is 0.575. The first-order valence-corrected chi connectivity index (χ1v) is 7.30. The number of hydrogen-bond acceptors (Lipinski definition) is 4. The lowest BCUT2D eigenvalue weighted by atomic mass is 9.98. The average Bonchev–Trinajstić information content (AvgIpc) is 2.48. The van der Waals surface area contributed by atoms with Gasteiger partial charge in [-0.15, -0.1) is 0 Å². The standard InChI is InChI=1S/C15H25N5O/c1-12(2)20-11-17-8-9-18-13(3)15(21)19-10-14-4-6-16-7-5-14/h8-9,11,14,16H,4-7,10H2,1-3H3,(H,19,21)/b9-8+,17-11?,18-13?. The molecule has 2 N–H and O–H groups in total. The molecule has 0 atom stereocenters. The zero-order chi connectivity index (χ0) is 15.5. The summed E-state index contributed by atoms with van der Waals surface area (Å²) in [7, 11) is 0. The van der Waals surface area contributed by atoms with Gasteiger partial charge in [-0.2, -0.15) is 0 Å². The van der Waals surface area contributed by atoms with E-state index >= 15 is 0 Å². The fourth-order valence-corrected chi connectivity index (χ4v) is 1.88. The molecule has 1 saturated heterocycles. The van der Waals surface area contributed by atoms with Gasteiger partial charge >= 0.3 is 0 Å². The van der Waals surface area contributed by atoms with Crippen LogP contribution in [0.25, 0.3) is 0 Å². The minimum absolute atomic E-state index is 0.121. The molecule has 116 valence electrons. The maximum atomic E-state index is 11.8. The van der Waals surface area contributed by atoms with Gasteiger partial charge in [-0.1, -0.05) is 0 Å². The molecule has 0 unspecified atom stereocenters. The number of nitrogens with one attached hydrogen (secondary N) is 2. The van der Waals surface area contributed by atoms with Crippen LogP contribution >= 0.6 is 0 Å². The summed E-state index contributed by atoms with van der Waals surface area (Å²) in [6.07, 6.45) is 6.69. The Hall–Kier alpha value is -1.82. The molecule has 1 aliphatic rings. The minimum Gasteiger partial charge on any atom is -0.351 e. The van der Waals surface area contributed by atoms with Gasteiger partial charge in [-0.25, -0.2) is 9.98 Å². The van der Waals surface area contributed by atoms with Crippen molar-refractivity contribution in [2.75, 3.05) is 19.6 Å². The van der Waals surface area contributed by atoms with E-state index in [0.29, 0.717) is 11.6 Å². The van der Waals surface area contributed by atoms with Crippen molar-refractivity contribution >= 4 is 23.7 Å². The maximum absolute atomic E-state index is 11.8. The van der Waals surface area contributed by atoms with E-state index in [-0.39, 0.29) is 5.91 Å². The Morgan fingerprint density at radius 3 is 2.57 bits per heavy atom. The third-order valence-corrected chi connectivity index (χ3v) is 3.14. The SMILES string of the molecule is CC(C)=NC=N/C=C/N=C(C)C(=O)NCC1CCNCC1. The normalized spacial score (nSPS) is 17.4. The number of aliphatic imine (C=N–C) groups is 3. The first-order valence-electron chi connectivity index (χ1n) is 7.30. The van der Waals surface area contributed by atoms with Crippen molar-refractivity contribution in [1.82, 2.24) is 10.6 Å². The second-order valence-corrected chi connectivity index (χ2v) is 5.26. The average molecular weight is 291 g/mol. The molecule has 1 aliphatic heterocycles. The molecule has 21 heavy (non-hydrogen) atoms. The molecule has 0 spiro atoms. The van der Waals surface area contributed by atoms with E-state index in [1.54, 1.807) is 6.92 Å². The van der Waals surface area contributed by atoms with Crippen LogP contribution in [0.4, 0.5) is 0 Å². The van der Waals surface area contributed by atoms with E-state index in [1.807, 2.05) is 13.8 Å². The summed E-state index contributed by atoms with van der Waals surface area (Å²) >= 11 is 0. The number of carbonyl (C=O) groups is 1. The van der Waals surface area contributed by atoms with Gasteiger partial charge in [0.15, 0.2) is 0 Å². The van der Waals surface area contributed by atoms with Crippen LogP contribution in [-0.4, -0.2) is 43.3 Å². The molecule has 0 aromatic heterocycles. The lowest BCUT2D eigenvalue weighted by molar-refractivity contribution is -0.115. The predicted octanol–water partition coefficient (Wildman–Crippen LogP) is 1.54. The van der Waals surface area contributed by atoms with Crippen LogP contribution < -0.4 is 10.6 Å². The maximum Gasteiger partial charge on any atom is 0.265 e.